The maximum atomic E-state index is 14.6. The van der Waals surface area contributed by atoms with Crippen molar-refractivity contribution in [2.75, 3.05) is 0 Å². The lowest BCUT2D eigenvalue weighted by Gasteiger charge is -2.62. The molecule has 0 bridgehead atoms. The van der Waals surface area contributed by atoms with Crippen LogP contribution in [0.3, 0.4) is 0 Å². The highest BCUT2D eigenvalue weighted by molar-refractivity contribution is 6.33. The monoisotopic (exact) mass is 570 g/mol. The smallest absolute Gasteiger partial charge is 0.206 e. The zero-order valence-corrected chi connectivity index (χ0v) is 26.1. The van der Waals surface area contributed by atoms with E-state index in [2.05, 4.69) is 0 Å². The summed E-state index contributed by atoms with van der Waals surface area (Å²) in [5.41, 5.74) is -0.158. The van der Waals surface area contributed by atoms with E-state index in [4.69, 9.17) is 0 Å². The molecule has 3 aliphatic rings. The van der Waals surface area contributed by atoms with E-state index in [0.717, 1.165) is 22.3 Å². The van der Waals surface area contributed by atoms with Gasteiger partial charge in [0, 0.05) is 11.0 Å². The third-order valence-electron chi connectivity index (χ3n) is 10.6. The van der Waals surface area contributed by atoms with Crippen molar-refractivity contribution in [2.24, 2.45) is 28.6 Å². The van der Waals surface area contributed by atoms with E-state index in [1.807, 2.05) is 71.9 Å². The molecule has 0 saturated heterocycles. The molecule has 0 spiro atoms. The number of aryl methyl sites for hydroxylation is 1. The van der Waals surface area contributed by atoms with Gasteiger partial charge in [-0.3, -0.25) is 19.2 Å². The Morgan fingerprint density at radius 2 is 1.60 bits per heavy atom. The van der Waals surface area contributed by atoms with E-state index < -0.39 is 51.4 Å². The molecule has 1 saturated carbocycles. The maximum Gasteiger partial charge on any atom is 0.206 e. The van der Waals surface area contributed by atoms with Crippen LogP contribution in [0, 0.1) is 35.5 Å². The van der Waals surface area contributed by atoms with Crippen LogP contribution >= 0.6 is 0 Å². The van der Waals surface area contributed by atoms with E-state index in [-0.39, 0.29) is 35.1 Å². The van der Waals surface area contributed by atoms with Crippen molar-refractivity contribution in [3.63, 3.8) is 0 Å². The van der Waals surface area contributed by atoms with E-state index in [0.29, 0.717) is 17.6 Å². The Morgan fingerprint density at radius 3 is 2.12 bits per heavy atom. The SMILES string of the molecule is CC(=O)C1=C(C)[C@@H](C(C)C)[C@]2(C)C[C@]3(C)Cc4c(C(C)C)cc(-c5ccc(C)cc5)c(O)c4C(=O)C3C(=O)[C@]2(O)C1=O. The highest BCUT2D eigenvalue weighted by Crippen LogP contribution is 2.65. The topological polar surface area (TPSA) is 109 Å². The van der Waals surface area contributed by atoms with E-state index >= 15 is 0 Å². The highest BCUT2D eigenvalue weighted by atomic mass is 16.3. The van der Waals surface area contributed by atoms with Gasteiger partial charge in [-0.05, 0) is 79.5 Å². The number of benzene rings is 2. The predicted molar refractivity (Wildman–Crippen MR) is 161 cm³/mol. The molecule has 222 valence electrons. The molecule has 0 radical (unpaired) electrons. The Bertz CT molecular complexity index is 1590. The van der Waals surface area contributed by atoms with Gasteiger partial charge in [0.2, 0.25) is 5.78 Å². The number of ketones is 4. The number of allylic oxidation sites excluding steroid dienone is 1. The fourth-order valence-electron chi connectivity index (χ4n) is 9.05. The summed E-state index contributed by atoms with van der Waals surface area (Å²) >= 11 is 0. The number of carbonyl (C=O) groups is 4. The molecular weight excluding hydrogens is 528 g/mol. The molecule has 1 unspecified atom stereocenters. The molecule has 0 heterocycles. The number of aliphatic hydroxyl groups is 1. The molecule has 5 atom stereocenters. The van der Waals surface area contributed by atoms with E-state index in [9.17, 15) is 29.4 Å². The third kappa shape index (κ3) is 3.80. The van der Waals surface area contributed by atoms with Crippen molar-refractivity contribution in [1.82, 2.24) is 0 Å². The van der Waals surface area contributed by atoms with E-state index in [1.54, 1.807) is 13.8 Å². The number of phenols is 1. The molecule has 3 aliphatic carbocycles. The summed E-state index contributed by atoms with van der Waals surface area (Å²) in [6.45, 7) is 16.7. The standard InChI is InChI=1S/C36H42O6/c1-17(2)23-14-24(22-12-10-19(5)11-13-22)30(38)27-25(23)15-34(8)16-35(9)28(18(3)4)20(6)26(21(7)37)32(40)36(35,42)33(41)29(34)31(27)39/h10-14,17-18,28-29,38,42H,15-16H2,1-9H3/t28-,29?,34+,35+,36-/m1/s1. The summed E-state index contributed by atoms with van der Waals surface area (Å²) < 4.78 is 0. The number of Topliss-reactive ketones (excluding diaryl/α,β-unsaturated/α-hetero) is 4. The van der Waals surface area contributed by atoms with Crippen LogP contribution in [-0.2, 0) is 20.8 Å². The molecule has 6 nitrogen and oxygen atoms in total. The Balaban J connectivity index is 1.78. The summed E-state index contributed by atoms with van der Waals surface area (Å²) in [6, 6.07) is 9.61. The number of hydrogen-bond acceptors (Lipinski definition) is 6. The second-order valence-electron chi connectivity index (χ2n) is 14.2. The predicted octanol–water partition coefficient (Wildman–Crippen LogP) is 6.32. The number of carbonyl (C=O) groups excluding carboxylic acids is 4. The van der Waals surface area contributed by atoms with Gasteiger partial charge in [-0.25, -0.2) is 0 Å². The van der Waals surface area contributed by atoms with Crippen LogP contribution in [0.25, 0.3) is 11.1 Å². The fourth-order valence-corrected chi connectivity index (χ4v) is 9.05. The van der Waals surface area contributed by atoms with Crippen LogP contribution in [0.1, 0.15) is 94.8 Å². The molecule has 1 fully saturated rings. The van der Waals surface area contributed by atoms with Crippen LogP contribution in [0.15, 0.2) is 41.5 Å². The lowest BCUT2D eigenvalue weighted by molar-refractivity contribution is -0.192. The van der Waals surface area contributed by atoms with Gasteiger partial charge >= 0.3 is 0 Å². The zero-order valence-electron chi connectivity index (χ0n) is 26.1. The molecule has 5 rings (SSSR count). The molecule has 2 N–H and O–H groups in total. The summed E-state index contributed by atoms with van der Waals surface area (Å²) in [5.74, 6) is -4.85. The van der Waals surface area contributed by atoms with Crippen molar-refractivity contribution in [1.29, 1.82) is 0 Å². The number of aromatic hydroxyl groups is 1. The molecule has 0 amide bonds. The summed E-state index contributed by atoms with van der Waals surface area (Å²) in [7, 11) is 0. The van der Waals surface area contributed by atoms with Crippen molar-refractivity contribution >= 4 is 23.1 Å². The van der Waals surface area contributed by atoms with Gasteiger partial charge in [0.15, 0.2) is 23.0 Å². The first-order valence-electron chi connectivity index (χ1n) is 15.0. The van der Waals surface area contributed by atoms with Crippen molar-refractivity contribution in [3.05, 3.63) is 63.7 Å². The Morgan fingerprint density at radius 1 is 1.00 bits per heavy atom. The van der Waals surface area contributed by atoms with Crippen LogP contribution in [0.5, 0.6) is 5.75 Å². The van der Waals surface area contributed by atoms with Gasteiger partial charge in [-0.2, -0.15) is 0 Å². The number of fused-ring (bicyclic) bond motifs is 3. The molecular formula is C36H42O6. The maximum absolute atomic E-state index is 14.6. The molecule has 2 aromatic rings. The van der Waals surface area contributed by atoms with Crippen LogP contribution in [0.4, 0.5) is 0 Å². The second kappa shape index (κ2) is 9.57. The zero-order chi connectivity index (χ0) is 31.3. The van der Waals surface area contributed by atoms with Gasteiger partial charge in [0.05, 0.1) is 17.1 Å². The second-order valence-corrected chi connectivity index (χ2v) is 14.2. The molecule has 0 aliphatic heterocycles. The quantitative estimate of drug-likeness (QED) is 0.329. The van der Waals surface area contributed by atoms with Crippen molar-refractivity contribution in [2.45, 2.75) is 86.7 Å². The average Bonchev–Trinajstić information content (AvgIpc) is 2.86. The minimum atomic E-state index is -2.54. The van der Waals surface area contributed by atoms with Crippen LogP contribution < -0.4 is 0 Å². The fraction of sp³-hybridized carbons (Fsp3) is 0.500. The van der Waals surface area contributed by atoms with Crippen molar-refractivity contribution in [3.8, 4) is 16.9 Å². The number of hydrogen-bond donors (Lipinski definition) is 2. The Kier molecular flexibility index (Phi) is 6.85. The number of phenolic OH excluding ortho intramolecular Hbond substituents is 1. The first-order chi connectivity index (χ1) is 19.4. The largest absolute Gasteiger partial charge is 0.507 e. The van der Waals surface area contributed by atoms with Crippen LogP contribution in [0.2, 0.25) is 0 Å². The normalized spacial score (nSPS) is 30.9. The first-order valence-corrected chi connectivity index (χ1v) is 15.0. The average molecular weight is 571 g/mol. The third-order valence-corrected chi connectivity index (χ3v) is 10.6. The highest BCUT2D eigenvalue weighted by Gasteiger charge is 2.73. The minimum Gasteiger partial charge on any atom is -0.507 e. The lowest BCUT2D eigenvalue weighted by Crippen LogP contribution is -2.73. The van der Waals surface area contributed by atoms with Gasteiger partial charge in [0.1, 0.15) is 5.75 Å². The molecule has 42 heavy (non-hydrogen) atoms. The lowest BCUT2D eigenvalue weighted by atomic mass is 9.40. The Labute approximate surface area is 248 Å². The Hall–Kier alpha value is -3.38. The summed E-state index contributed by atoms with van der Waals surface area (Å²) in [4.78, 5) is 55.9. The van der Waals surface area contributed by atoms with E-state index in [1.165, 1.54) is 6.92 Å². The van der Waals surface area contributed by atoms with Gasteiger partial charge in [-0.15, -0.1) is 0 Å². The first kappa shape index (κ1) is 30.1. The molecule has 2 aromatic carbocycles. The van der Waals surface area contributed by atoms with Gasteiger partial charge in [0.25, 0.3) is 0 Å². The minimum absolute atomic E-state index is 0.0336. The van der Waals surface area contributed by atoms with Gasteiger partial charge < -0.3 is 10.2 Å². The van der Waals surface area contributed by atoms with Gasteiger partial charge in [-0.1, -0.05) is 76.9 Å². The van der Waals surface area contributed by atoms with Crippen LogP contribution in [-0.4, -0.2) is 38.9 Å². The number of rotatable bonds is 4. The van der Waals surface area contributed by atoms with Crippen molar-refractivity contribution < 1.29 is 29.4 Å². The molecule has 0 aromatic heterocycles. The summed E-state index contributed by atoms with van der Waals surface area (Å²) in [6.07, 6.45) is 0.569. The summed E-state index contributed by atoms with van der Waals surface area (Å²) in [5, 5.41) is 24.0. The molecule has 6 heteroatoms.